The zero-order chi connectivity index (χ0) is 13.5. The van der Waals surface area contributed by atoms with Crippen LogP contribution in [-0.2, 0) is 11.2 Å². The van der Waals surface area contributed by atoms with Gasteiger partial charge in [-0.2, -0.15) is 0 Å². The second-order valence-corrected chi connectivity index (χ2v) is 5.15. The molecule has 3 N–H and O–H groups in total. The van der Waals surface area contributed by atoms with E-state index in [1.807, 2.05) is 32.0 Å². The summed E-state index contributed by atoms with van der Waals surface area (Å²) in [5.74, 6) is 0.0419. The topological polar surface area (TPSA) is 55.1 Å². The molecule has 3 nitrogen and oxygen atoms in total. The zero-order valence-corrected chi connectivity index (χ0v) is 11.7. The lowest BCUT2D eigenvalue weighted by molar-refractivity contribution is -0.121. The molecular formula is C14H20N2OS. The molecule has 1 rings (SSSR count). The number of hydrogen-bond acceptors (Lipinski definition) is 2. The lowest BCUT2D eigenvalue weighted by atomic mass is 10.1. The minimum Gasteiger partial charge on any atom is -0.393 e. The molecule has 0 saturated heterocycles. The highest BCUT2D eigenvalue weighted by molar-refractivity contribution is 7.80. The molecule has 1 unspecified atom stereocenters. The third kappa shape index (κ3) is 5.77. The first-order valence-electron chi connectivity index (χ1n) is 6.10. The van der Waals surface area contributed by atoms with Gasteiger partial charge in [0.1, 0.15) is 0 Å². The summed E-state index contributed by atoms with van der Waals surface area (Å²) in [6.07, 6.45) is 1.80. The quantitative estimate of drug-likeness (QED) is 0.774. The first-order chi connectivity index (χ1) is 8.47. The Morgan fingerprint density at radius 2 is 2.22 bits per heavy atom. The van der Waals surface area contributed by atoms with Crippen molar-refractivity contribution in [1.82, 2.24) is 5.32 Å². The Kier molecular flexibility index (Phi) is 5.78. The number of hydrogen-bond donors (Lipinski definition) is 2. The van der Waals surface area contributed by atoms with Crippen LogP contribution in [0.5, 0.6) is 0 Å². The SMILES string of the molecule is Cc1cccc(CCC(=O)NC(C)CC(N)=S)c1. The summed E-state index contributed by atoms with van der Waals surface area (Å²) in [6, 6.07) is 8.21. The van der Waals surface area contributed by atoms with Crippen molar-refractivity contribution >= 4 is 23.1 Å². The molecular weight excluding hydrogens is 244 g/mol. The van der Waals surface area contributed by atoms with Gasteiger partial charge in [0, 0.05) is 18.9 Å². The molecule has 0 radical (unpaired) electrons. The molecule has 0 spiro atoms. The molecule has 0 fully saturated rings. The molecule has 0 aliphatic heterocycles. The number of nitrogens with two attached hydrogens (primary N) is 1. The Bertz CT molecular complexity index is 432. The van der Waals surface area contributed by atoms with Gasteiger partial charge in [-0.3, -0.25) is 4.79 Å². The van der Waals surface area contributed by atoms with Crippen molar-refractivity contribution in [2.24, 2.45) is 5.73 Å². The number of rotatable bonds is 6. The van der Waals surface area contributed by atoms with Gasteiger partial charge in [-0.1, -0.05) is 42.0 Å². The molecule has 98 valence electrons. The monoisotopic (exact) mass is 264 g/mol. The van der Waals surface area contributed by atoms with Gasteiger partial charge in [0.2, 0.25) is 5.91 Å². The first kappa shape index (κ1) is 14.6. The summed E-state index contributed by atoms with van der Waals surface area (Å²) < 4.78 is 0. The summed E-state index contributed by atoms with van der Waals surface area (Å²) >= 11 is 4.81. The van der Waals surface area contributed by atoms with Crippen molar-refractivity contribution < 1.29 is 4.79 Å². The number of carbonyl (C=O) groups excluding carboxylic acids is 1. The largest absolute Gasteiger partial charge is 0.393 e. The van der Waals surface area contributed by atoms with Crippen LogP contribution in [0.4, 0.5) is 0 Å². The Morgan fingerprint density at radius 1 is 1.50 bits per heavy atom. The maximum atomic E-state index is 11.7. The smallest absolute Gasteiger partial charge is 0.220 e. The summed E-state index contributed by atoms with van der Waals surface area (Å²) in [6.45, 7) is 3.96. The van der Waals surface area contributed by atoms with Gasteiger partial charge in [0.25, 0.3) is 0 Å². The maximum Gasteiger partial charge on any atom is 0.220 e. The summed E-state index contributed by atoms with van der Waals surface area (Å²) in [4.78, 5) is 12.1. The fourth-order valence-corrected chi connectivity index (χ4v) is 2.08. The molecule has 1 amide bonds. The van der Waals surface area contributed by atoms with E-state index >= 15 is 0 Å². The van der Waals surface area contributed by atoms with Crippen LogP contribution in [-0.4, -0.2) is 16.9 Å². The zero-order valence-electron chi connectivity index (χ0n) is 10.9. The van der Waals surface area contributed by atoms with Crippen LogP contribution in [0, 0.1) is 6.92 Å². The van der Waals surface area contributed by atoms with Crippen LogP contribution in [0.1, 0.15) is 30.9 Å². The van der Waals surface area contributed by atoms with Crippen LogP contribution in [0.15, 0.2) is 24.3 Å². The molecule has 1 atom stereocenters. The predicted octanol–water partition coefficient (Wildman–Crippen LogP) is 2.11. The highest BCUT2D eigenvalue weighted by Gasteiger charge is 2.08. The second kappa shape index (κ2) is 7.11. The van der Waals surface area contributed by atoms with Crippen LogP contribution < -0.4 is 11.1 Å². The van der Waals surface area contributed by atoms with E-state index in [1.165, 1.54) is 11.1 Å². The highest BCUT2D eigenvalue weighted by atomic mass is 32.1. The van der Waals surface area contributed by atoms with E-state index in [0.717, 1.165) is 6.42 Å². The summed E-state index contributed by atoms with van der Waals surface area (Å²) in [5.41, 5.74) is 7.84. The number of nitrogens with one attached hydrogen (secondary N) is 1. The first-order valence-corrected chi connectivity index (χ1v) is 6.51. The summed E-state index contributed by atoms with van der Waals surface area (Å²) in [7, 11) is 0. The number of benzene rings is 1. The molecule has 1 aromatic rings. The van der Waals surface area contributed by atoms with Gasteiger partial charge in [-0.25, -0.2) is 0 Å². The van der Waals surface area contributed by atoms with Crippen molar-refractivity contribution in [3.8, 4) is 0 Å². The van der Waals surface area contributed by atoms with Crippen LogP contribution in [0.25, 0.3) is 0 Å². The normalized spacial score (nSPS) is 11.9. The number of thiocarbonyl (C=S) groups is 1. The van der Waals surface area contributed by atoms with E-state index in [2.05, 4.69) is 11.4 Å². The minimum absolute atomic E-state index is 0.00695. The maximum absolute atomic E-state index is 11.7. The number of carbonyl (C=O) groups is 1. The van der Waals surface area contributed by atoms with E-state index in [0.29, 0.717) is 17.8 Å². The van der Waals surface area contributed by atoms with Crippen molar-refractivity contribution in [3.05, 3.63) is 35.4 Å². The lowest BCUT2D eigenvalue weighted by Gasteiger charge is -2.12. The fourth-order valence-electron chi connectivity index (χ4n) is 1.83. The van der Waals surface area contributed by atoms with E-state index in [-0.39, 0.29) is 11.9 Å². The average Bonchev–Trinajstić information content (AvgIpc) is 2.25. The Hall–Kier alpha value is -1.42. The van der Waals surface area contributed by atoms with Crippen LogP contribution >= 0.6 is 12.2 Å². The molecule has 0 saturated carbocycles. The Balaban J connectivity index is 2.35. The van der Waals surface area contributed by atoms with Gasteiger partial charge in [-0.05, 0) is 25.8 Å². The highest BCUT2D eigenvalue weighted by Crippen LogP contribution is 2.06. The standard InChI is InChI=1S/C14H20N2OS/c1-10-4-3-5-12(8-10)6-7-14(17)16-11(2)9-13(15)18/h3-5,8,11H,6-7,9H2,1-2H3,(H2,15,18)(H,16,17). The van der Waals surface area contributed by atoms with Crippen molar-refractivity contribution in [2.45, 2.75) is 39.2 Å². The van der Waals surface area contributed by atoms with E-state index in [4.69, 9.17) is 18.0 Å². The minimum atomic E-state index is 0.00695. The van der Waals surface area contributed by atoms with E-state index < -0.39 is 0 Å². The number of amides is 1. The van der Waals surface area contributed by atoms with Gasteiger partial charge in [0.15, 0.2) is 0 Å². The Morgan fingerprint density at radius 3 is 2.83 bits per heavy atom. The third-order valence-electron chi connectivity index (χ3n) is 2.64. The molecule has 0 aliphatic carbocycles. The molecule has 18 heavy (non-hydrogen) atoms. The number of aryl methyl sites for hydroxylation is 2. The lowest BCUT2D eigenvalue weighted by Crippen LogP contribution is -2.35. The molecule has 1 aromatic carbocycles. The van der Waals surface area contributed by atoms with Crippen molar-refractivity contribution in [2.75, 3.05) is 0 Å². The average molecular weight is 264 g/mol. The molecule has 0 aromatic heterocycles. The predicted molar refractivity (Wildman–Crippen MR) is 78.5 cm³/mol. The van der Waals surface area contributed by atoms with Crippen LogP contribution in [0.2, 0.25) is 0 Å². The molecule has 0 bridgehead atoms. The third-order valence-corrected chi connectivity index (χ3v) is 2.80. The fraction of sp³-hybridized carbons (Fsp3) is 0.429. The Labute approximate surface area is 114 Å². The second-order valence-electron chi connectivity index (χ2n) is 4.63. The molecule has 0 heterocycles. The van der Waals surface area contributed by atoms with Crippen LogP contribution in [0.3, 0.4) is 0 Å². The van der Waals surface area contributed by atoms with Gasteiger partial charge in [0.05, 0.1) is 4.99 Å². The van der Waals surface area contributed by atoms with E-state index in [9.17, 15) is 4.79 Å². The molecule has 4 heteroatoms. The van der Waals surface area contributed by atoms with Crippen molar-refractivity contribution in [1.29, 1.82) is 0 Å². The van der Waals surface area contributed by atoms with Gasteiger partial charge in [-0.15, -0.1) is 0 Å². The van der Waals surface area contributed by atoms with E-state index in [1.54, 1.807) is 0 Å². The summed E-state index contributed by atoms with van der Waals surface area (Å²) in [5, 5.41) is 2.89. The van der Waals surface area contributed by atoms with Gasteiger partial charge >= 0.3 is 0 Å². The molecule has 0 aliphatic rings. The van der Waals surface area contributed by atoms with Gasteiger partial charge < -0.3 is 11.1 Å². The van der Waals surface area contributed by atoms with Crippen molar-refractivity contribution in [3.63, 3.8) is 0 Å².